The number of nitrogens with zero attached hydrogens (tertiary/aromatic N) is 2. The molecule has 0 aliphatic carbocycles. The summed E-state index contributed by atoms with van der Waals surface area (Å²) in [6.45, 7) is 9.69. The maximum atomic E-state index is 14.5. The molecule has 0 bridgehead atoms. The summed E-state index contributed by atoms with van der Waals surface area (Å²) in [4.78, 5) is 26.0. The van der Waals surface area contributed by atoms with Crippen LogP contribution in [0.4, 0.5) is 9.59 Å². The Morgan fingerprint density at radius 3 is 2.56 bits per heavy atom. The van der Waals surface area contributed by atoms with Crippen LogP contribution in [0.2, 0.25) is 0 Å². The van der Waals surface area contributed by atoms with E-state index in [0.717, 1.165) is 18.4 Å². The van der Waals surface area contributed by atoms with E-state index in [-0.39, 0.29) is 43.7 Å². The van der Waals surface area contributed by atoms with Crippen LogP contribution < -0.4 is 14.8 Å². The molecule has 2 fully saturated rings. The van der Waals surface area contributed by atoms with Gasteiger partial charge in [0.15, 0.2) is 17.8 Å². The molecule has 0 unspecified atom stereocenters. The van der Waals surface area contributed by atoms with Gasteiger partial charge < -0.3 is 39.2 Å². The fraction of sp³-hybridized carbons (Fsp3) is 0.568. The van der Waals surface area contributed by atoms with Gasteiger partial charge in [-0.25, -0.2) is 18.0 Å². The Morgan fingerprint density at radius 1 is 1.08 bits per heavy atom. The third-order valence-electron chi connectivity index (χ3n) is 9.72. The molecule has 3 N–H and O–H groups in total. The molecule has 3 heterocycles. The predicted molar refractivity (Wildman–Crippen MR) is 190 cm³/mol. The lowest BCUT2D eigenvalue weighted by Gasteiger charge is -2.40. The second kappa shape index (κ2) is 17.3. The summed E-state index contributed by atoms with van der Waals surface area (Å²) in [5.41, 5.74) is 0.244. The van der Waals surface area contributed by atoms with Gasteiger partial charge in [-0.15, -0.1) is 0 Å². The minimum absolute atomic E-state index is 0.0249. The molecule has 2 aromatic rings. The number of benzene rings is 2. The molecule has 286 valence electrons. The van der Waals surface area contributed by atoms with E-state index in [9.17, 15) is 28.2 Å². The van der Waals surface area contributed by atoms with Gasteiger partial charge in [-0.2, -0.15) is 4.31 Å². The van der Waals surface area contributed by atoms with E-state index in [1.807, 2.05) is 44.2 Å². The van der Waals surface area contributed by atoms with Crippen LogP contribution in [0.15, 0.2) is 65.8 Å². The van der Waals surface area contributed by atoms with E-state index in [4.69, 9.17) is 23.7 Å². The summed E-state index contributed by atoms with van der Waals surface area (Å²) in [6, 6.07) is 12.1. The first-order valence-corrected chi connectivity index (χ1v) is 19.2. The third-order valence-corrected chi connectivity index (χ3v) is 11.5. The molecule has 52 heavy (non-hydrogen) atoms. The summed E-state index contributed by atoms with van der Waals surface area (Å²) < 4.78 is 57.5. The summed E-state index contributed by atoms with van der Waals surface area (Å²) in [6.07, 6.45) is -0.0927. The number of carboxylic acid groups (broad SMARTS) is 1. The number of carbonyl (C=O) groups excluding carboxylic acids is 1. The van der Waals surface area contributed by atoms with Crippen molar-refractivity contribution in [2.75, 3.05) is 39.6 Å². The second-order valence-electron chi connectivity index (χ2n) is 14.4. The van der Waals surface area contributed by atoms with Crippen molar-refractivity contribution in [3.63, 3.8) is 0 Å². The van der Waals surface area contributed by atoms with Crippen molar-refractivity contribution >= 4 is 22.2 Å². The molecule has 2 saturated heterocycles. The molecule has 0 spiro atoms. The highest BCUT2D eigenvalue weighted by atomic mass is 32.2. The van der Waals surface area contributed by atoms with E-state index >= 15 is 0 Å². The SMILES string of the molecule is C=C(C)OC(=O)NCCCCCC(C)(C)CN(C[C@@H](O)[C@H](Cc1ccccc1)N(C(=O)O)[C@H]1CO[C@H]2OCC[C@H]21)S(=O)(=O)c1ccc2c(c1)OCO2. The molecule has 3 aliphatic heterocycles. The van der Waals surface area contributed by atoms with Crippen molar-refractivity contribution in [2.45, 2.75) is 88.7 Å². The molecular weight excluding hydrogens is 694 g/mol. The highest BCUT2D eigenvalue weighted by Crippen LogP contribution is 2.38. The number of aliphatic hydroxyl groups excluding tert-OH is 1. The summed E-state index contributed by atoms with van der Waals surface area (Å²) in [7, 11) is -4.24. The van der Waals surface area contributed by atoms with Crippen LogP contribution in [0.5, 0.6) is 11.5 Å². The number of nitrogens with one attached hydrogen (secondary N) is 1. The number of sulfonamides is 1. The molecule has 3 aliphatic rings. The lowest BCUT2D eigenvalue weighted by Crippen LogP contribution is -2.58. The smallest absolute Gasteiger partial charge is 0.412 e. The van der Waals surface area contributed by atoms with Gasteiger partial charge in [0.2, 0.25) is 16.8 Å². The Hall–Kier alpha value is -3.89. The zero-order valence-electron chi connectivity index (χ0n) is 30.1. The fourth-order valence-corrected chi connectivity index (χ4v) is 8.81. The standard InChI is InChI=1S/C37H51N3O11S/c1-25(2)51-35(42)38-17-10-6-9-16-37(3,4)23-39(52(45,46)27-13-14-32-33(20-27)50-24-49-32)21-31(41)29(19-26-11-7-5-8-12-26)40(36(43)44)30-22-48-34-28(30)15-18-47-34/h5,7-8,11-14,20,28-31,34,41H,1,6,9-10,15-19,21-24H2,2-4H3,(H,38,42)(H,43,44)/t28-,29-,30-,31+,34+/m0/s1. The van der Waals surface area contributed by atoms with Crippen molar-refractivity contribution in [3.8, 4) is 11.5 Å². The number of carbonyl (C=O) groups is 2. The van der Waals surface area contributed by atoms with E-state index in [2.05, 4.69) is 11.9 Å². The van der Waals surface area contributed by atoms with Crippen LogP contribution in [0.25, 0.3) is 0 Å². The molecular formula is C37H51N3O11S. The number of rotatable bonds is 18. The first-order chi connectivity index (χ1) is 24.7. The Bertz CT molecular complexity index is 1660. The van der Waals surface area contributed by atoms with Gasteiger partial charge in [-0.05, 0) is 55.7 Å². The topological polar surface area (TPSA) is 173 Å². The number of alkyl carbamates (subject to hydrolysis) is 1. The van der Waals surface area contributed by atoms with E-state index in [1.165, 1.54) is 21.3 Å². The van der Waals surface area contributed by atoms with Gasteiger partial charge in [-0.3, -0.25) is 4.90 Å². The summed E-state index contributed by atoms with van der Waals surface area (Å²) >= 11 is 0. The minimum Gasteiger partial charge on any atom is -0.465 e. The summed E-state index contributed by atoms with van der Waals surface area (Å²) in [5, 5.41) is 25.5. The maximum Gasteiger partial charge on any atom is 0.412 e. The number of aliphatic hydroxyl groups is 1. The normalized spacial score (nSPS) is 20.7. The van der Waals surface area contributed by atoms with Crippen molar-refractivity contribution in [1.82, 2.24) is 14.5 Å². The Kier molecular flexibility index (Phi) is 13.1. The number of ether oxygens (including phenoxy) is 5. The monoisotopic (exact) mass is 745 g/mol. The first-order valence-electron chi connectivity index (χ1n) is 17.7. The molecule has 5 rings (SSSR count). The predicted octanol–water partition coefficient (Wildman–Crippen LogP) is 4.97. The molecule has 14 nitrogen and oxygen atoms in total. The van der Waals surface area contributed by atoms with Crippen LogP contribution >= 0.6 is 0 Å². The zero-order valence-corrected chi connectivity index (χ0v) is 30.9. The Balaban J connectivity index is 1.38. The first kappa shape index (κ1) is 39.3. The van der Waals surface area contributed by atoms with Gasteiger partial charge in [0, 0.05) is 31.6 Å². The zero-order chi connectivity index (χ0) is 37.5. The summed E-state index contributed by atoms with van der Waals surface area (Å²) in [5.74, 6) is 0.827. The van der Waals surface area contributed by atoms with Gasteiger partial charge >= 0.3 is 12.2 Å². The van der Waals surface area contributed by atoms with Crippen LogP contribution in [0.3, 0.4) is 0 Å². The van der Waals surface area contributed by atoms with Crippen molar-refractivity contribution in [3.05, 3.63) is 66.4 Å². The molecule has 5 atom stereocenters. The quantitative estimate of drug-likeness (QED) is 0.139. The average Bonchev–Trinajstić information content (AvgIpc) is 3.84. The van der Waals surface area contributed by atoms with Gasteiger partial charge in [0.25, 0.3) is 0 Å². The number of fused-ring (bicyclic) bond motifs is 2. The highest BCUT2D eigenvalue weighted by Gasteiger charge is 2.49. The van der Waals surface area contributed by atoms with Crippen molar-refractivity contribution < 1.29 is 51.9 Å². The van der Waals surface area contributed by atoms with Gasteiger partial charge in [-0.1, -0.05) is 63.6 Å². The number of unbranched alkanes of at least 4 members (excludes halogenated alkanes) is 2. The number of allylic oxidation sites excluding steroid dienone is 1. The third kappa shape index (κ3) is 9.95. The molecule has 0 aromatic heterocycles. The second-order valence-corrected chi connectivity index (χ2v) is 16.4. The van der Waals surface area contributed by atoms with Crippen LogP contribution in [-0.4, -0.2) is 104 Å². The Morgan fingerprint density at radius 2 is 1.83 bits per heavy atom. The molecule has 2 aromatic carbocycles. The van der Waals surface area contributed by atoms with Crippen molar-refractivity contribution in [2.24, 2.45) is 11.3 Å². The highest BCUT2D eigenvalue weighted by molar-refractivity contribution is 7.89. The molecule has 15 heteroatoms. The number of hydrogen-bond donors (Lipinski definition) is 3. The van der Waals surface area contributed by atoms with Gasteiger partial charge in [0.05, 0.1) is 42.1 Å². The average molecular weight is 746 g/mol. The molecule has 0 radical (unpaired) electrons. The van der Waals surface area contributed by atoms with Crippen LogP contribution in [-0.2, 0) is 30.7 Å². The van der Waals surface area contributed by atoms with Crippen LogP contribution in [0.1, 0.15) is 58.4 Å². The number of hydrogen-bond acceptors (Lipinski definition) is 10. The van der Waals surface area contributed by atoms with Crippen LogP contribution in [0, 0.1) is 11.3 Å². The molecule has 2 amide bonds. The van der Waals surface area contributed by atoms with E-state index < -0.39 is 52.1 Å². The van der Waals surface area contributed by atoms with Gasteiger partial charge in [0.1, 0.15) is 0 Å². The minimum atomic E-state index is -4.24. The Labute approximate surface area is 305 Å². The van der Waals surface area contributed by atoms with E-state index in [0.29, 0.717) is 49.7 Å². The largest absolute Gasteiger partial charge is 0.465 e. The fourth-order valence-electron chi connectivity index (χ4n) is 7.14. The molecule has 0 saturated carbocycles. The lowest BCUT2D eigenvalue weighted by molar-refractivity contribution is -0.0906. The lowest BCUT2D eigenvalue weighted by atomic mass is 9.86. The van der Waals surface area contributed by atoms with Crippen molar-refractivity contribution in [1.29, 1.82) is 0 Å². The van der Waals surface area contributed by atoms with E-state index in [1.54, 1.807) is 13.0 Å². The number of amides is 2. The maximum absolute atomic E-state index is 14.5.